The van der Waals surface area contributed by atoms with Crippen LogP contribution in [-0.2, 0) is 0 Å². The van der Waals surface area contributed by atoms with Gasteiger partial charge in [-0.2, -0.15) is 0 Å². The van der Waals surface area contributed by atoms with Crippen LogP contribution in [0.2, 0.25) is 0 Å². The Morgan fingerprint density at radius 3 is 2.11 bits per heavy atom. The lowest BCUT2D eigenvalue weighted by molar-refractivity contribution is 0.365. The number of hydrogen-bond donors (Lipinski definition) is 0. The van der Waals surface area contributed by atoms with Crippen LogP contribution in [0.25, 0.3) is 0 Å². The SMILES string of the molecule is CC#CCC#CCCC(C)CCCCC(C)C(C)C. The maximum absolute atomic E-state index is 3.22. The molecule has 0 aliphatic rings. The van der Waals surface area contributed by atoms with Gasteiger partial charge in [-0.25, -0.2) is 0 Å². The van der Waals surface area contributed by atoms with E-state index in [9.17, 15) is 0 Å². The van der Waals surface area contributed by atoms with Crippen LogP contribution in [0.1, 0.15) is 79.6 Å². The van der Waals surface area contributed by atoms with Gasteiger partial charge >= 0.3 is 0 Å². The quantitative estimate of drug-likeness (QED) is 0.389. The molecule has 2 unspecified atom stereocenters. The third-order valence-corrected chi connectivity index (χ3v) is 3.99. The minimum absolute atomic E-state index is 0.734. The minimum Gasteiger partial charge on any atom is -0.106 e. The summed E-state index contributed by atoms with van der Waals surface area (Å²) in [7, 11) is 0. The van der Waals surface area contributed by atoms with Crippen LogP contribution in [0.15, 0.2) is 0 Å². The molecule has 0 aliphatic heterocycles. The highest BCUT2D eigenvalue weighted by molar-refractivity contribution is 5.10. The molecule has 0 heterocycles. The molecule has 0 aromatic carbocycles. The molecule has 0 aromatic rings. The molecular weight excluding hydrogens is 228 g/mol. The highest BCUT2D eigenvalue weighted by Gasteiger charge is 2.07. The minimum atomic E-state index is 0.734. The first kappa shape index (κ1) is 18.1. The van der Waals surface area contributed by atoms with Gasteiger partial charge in [-0.15, -0.1) is 11.8 Å². The maximum atomic E-state index is 3.22. The van der Waals surface area contributed by atoms with E-state index in [1.807, 2.05) is 6.92 Å². The molecule has 0 bridgehead atoms. The number of unbranched alkanes of at least 4 members (excludes halogenated alkanes) is 1. The number of hydrogen-bond acceptors (Lipinski definition) is 0. The second kappa shape index (κ2) is 12.2. The molecule has 0 N–H and O–H groups in total. The summed E-state index contributed by atoms with van der Waals surface area (Å²) >= 11 is 0. The molecule has 0 saturated carbocycles. The van der Waals surface area contributed by atoms with E-state index >= 15 is 0 Å². The van der Waals surface area contributed by atoms with Crippen molar-refractivity contribution >= 4 is 0 Å². The monoisotopic (exact) mass is 260 g/mol. The van der Waals surface area contributed by atoms with Gasteiger partial charge in [0.25, 0.3) is 0 Å². The van der Waals surface area contributed by atoms with Crippen molar-refractivity contribution in [2.45, 2.75) is 79.6 Å². The van der Waals surface area contributed by atoms with Crippen LogP contribution in [0.5, 0.6) is 0 Å². The van der Waals surface area contributed by atoms with E-state index in [1.165, 1.54) is 32.1 Å². The fraction of sp³-hybridized carbons (Fsp3) is 0.789. The van der Waals surface area contributed by atoms with Crippen LogP contribution in [-0.4, -0.2) is 0 Å². The molecule has 0 aromatic heterocycles. The van der Waals surface area contributed by atoms with E-state index in [2.05, 4.69) is 51.4 Å². The Bertz CT molecular complexity index is 315. The molecule has 0 heteroatoms. The van der Waals surface area contributed by atoms with Crippen LogP contribution < -0.4 is 0 Å². The summed E-state index contributed by atoms with van der Waals surface area (Å²) in [4.78, 5) is 0. The summed E-state index contributed by atoms with van der Waals surface area (Å²) in [6.45, 7) is 11.3. The fourth-order valence-electron chi connectivity index (χ4n) is 2.04. The zero-order valence-corrected chi connectivity index (χ0v) is 13.7. The van der Waals surface area contributed by atoms with E-state index < -0.39 is 0 Å². The summed E-state index contributed by atoms with van der Waals surface area (Å²) in [5.74, 6) is 14.7. The largest absolute Gasteiger partial charge is 0.106 e. The molecule has 0 radical (unpaired) electrons. The van der Waals surface area contributed by atoms with Gasteiger partial charge < -0.3 is 0 Å². The van der Waals surface area contributed by atoms with E-state index in [0.717, 1.165) is 30.6 Å². The van der Waals surface area contributed by atoms with E-state index in [4.69, 9.17) is 0 Å². The molecule has 2 atom stereocenters. The molecule has 108 valence electrons. The second-order valence-electron chi connectivity index (χ2n) is 6.11. The molecule has 0 spiro atoms. The van der Waals surface area contributed by atoms with Crippen molar-refractivity contribution in [3.8, 4) is 23.7 Å². The summed E-state index contributed by atoms with van der Waals surface area (Å²) < 4.78 is 0. The molecule has 0 nitrogen and oxygen atoms in total. The van der Waals surface area contributed by atoms with Gasteiger partial charge in [0, 0.05) is 6.42 Å². The third kappa shape index (κ3) is 11.9. The Labute approximate surface area is 121 Å². The average Bonchev–Trinajstić information content (AvgIpc) is 2.38. The van der Waals surface area contributed by atoms with Crippen molar-refractivity contribution in [2.24, 2.45) is 17.8 Å². The van der Waals surface area contributed by atoms with Gasteiger partial charge in [-0.3, -0.25) is 0 Å². The topological polar surface area (TPSA) is 0 Å². The standard InChI is InChI=1S/C19H32/c1-6-7-8-9-10-11-14-18(4)15-12-13-16-19(5)17(2)3/h17-19H,8,11-16H2,1-5H3. The van der Waals surface area contributed by atoms with Gasteiger partial charge in [0.15, 0.2) is 0 Å². The van der Waals surface area contributed by atoms with Crippen molar-refractivity contribution < 1.29 is 0 Å². The Kier molecular flexibility index (Phi) is 11.6. The van der Waals surface area contributed by atoms with Crippen molar-refractivity contribution in [3.63, 3.8) is 0 Å². The zero-order chi connectivity index (χ0) is 14.5. The van der Waals surface area contributed by atoms with Gasteiger partial charge in [0.1, 0.15) is 0 Å². The lowest BCUT2D eigenvalue weighted by Crippen LogP contribution is -2.03. The van der Waals surface area contributed by atoms with Crippen LogP contribution in [0.3, 0.4) is 0 Å². The Morgan fingerprint density at radius 1 is 0.789 bits per heavy atom. The van der Waals surface area contributed by atoms with Crippen LogP contribution in [0, 0.1) is 41.4 Å². The molecule has 19 heavy (non-hydrogen) atoms. The van der Waals surface area contributed by atoms with Crippen molar-refractivity contribution in [2.75, 3.05) is 0 Å². The number of rotatable bonds is 8. The van der Waals surface area contributed by atoms with Crippen LogP contribution in [0.4, 0.5) is 0 Å². The maximum Gasteiger partial charge on any atom is 0.0702 e. The third-order valence-electron chi connectivity index (χ3n) is 3.99. The van der Waals surface area contributed by atoms with E-state index in [-0.39, 0.29) is 0 Å². The molecule has 0 amide bonds. The molecule has 0 rings (SSSR count). The van der Waals surface area contributed by atoms with E-state index in [0.29, 0.717) is 0 Å². The van der Waals surface area contributed by atoms with Gasteiger partial charge in [0.05, 0.1) is 6.42 Å². The van der Waals surface area contributed by atoms with Crippen molar-refractivity contribution in [1.82, 2.24) is 0 Å². The summed E-state index contributed by atoms with van der Waals surface area (Å²) in [6, 6.07) is 0. The lowest BCUT2D eigenvalue weighted by atomic mass is 9.91. The first-order chi connectivity index (χ1) is 9.07. The van der Waals surface area contributed by atoms with Gasteiger partial charge in [-0.05, 0) is 31.1 Å². The van der Waals surface area contributed by atoms with Gasteiger partial charge in [-0.1, -0.05) is 65.2 Å². The van der Waals surface area contributed by atoms with E-state index in [1.54, 1.807) is 0 Å². The Morgan fingerprint density at radius 2 is 1.47 bits per heavy atom. The first-order valence-electron chi connectivity index (χ1n) is 7.93. The van der Waals surface area contributed by atoms with Crippen LogP contribution >= 0.6 is 0 Å². The molecule has 0 saturated heterocycles. The zero-order valence-electron chi connectivity index (χ0n) is 13.7. The highest BCUT2D eigenvalue weighted by atomic mass is 14.1. The predicted octanol–water partition coefficient (Wildman–Crippen LogP) is 5.67. The summed E-state index contributed by atoms with van der Waals surface area (Å²) in [5, 5.41) is 0. The second-order valence-corrected chi connectivity index (χ2v) is 6.11. The molecule has 0 fully saturated rings. The average molecular weight is 260 g/mol. The Balaban J connectivity index is 3.50. The molecule has 0 aliphatic carbocycles. The lowest BCUT2D eigenvalue weighted by Gasteiger charge is -2.15. The van der Waals surface area contributed by atoms with Gasteiger partial charge in [0.2, 0.25) is 0 Å². The predicted molar refractivity (Wildman–Crippen MR) is 86.7 cm³/mol. The normalized spacial score (nSPS) is 13.2. The van der Waals surface area contributed by atoms with Crippen molar-refractivity contribution in [1.29, 1.82) is 0 Å². The summed E-state index contributed by atoms with van der Waals surface area (Å²) in [6.07, 6.45) is 8.54. The summed E-state index contributed by atoms with van der Waals surface area (Å²) in [5.41, 5.74) is 0. The first-order valence-corrected chi connectivity index (χ1v) is 7.93. The van der Waals surface area contributed by atoms with Crippen molar-refractivity contribution in [3.05, 3.63) is 0 Å². The highest BCUT2D eigenvalue weighted by Crippen LogP contribution is 2.20. The molecular formula is C19H32. The fourth-order valence-corrected chi connectivity index (χ4v) is 2.04. The smallest absolute Gasteiger partial charge is 0.0702 e. The Hall–Kier alpha value is -0.880.